The second-order valence-corrected chi connectivity index (χ2v) is 2.79. The summed E-state index contributed by atoms with van der Waals surface area (Å²) in [5.74, 6) is 0. The van der Waals surface area contributed by atoms with Crippen molar-refractivity contribution in [2.75, 3.05) is 0 Å². The molecule has 1 rings (SSSR count). The highest BCUT2D eigenvalue weighted by atomic mass is 79.9. The van der Waals surface area contributed by atoms with Gasteiger partial charge in [0.2, 0.25) is 0 Å². The Morgan fingerprint density at radius 3 is 2.70 bits per heavy atom. The van der Waals surface area contributed by atoms with E-state index in [2.05, 4.69) is 26.2 Å². The lowest BCUT2D eigenvalue weighted by atomic mass is 10.3. The van der Waals surface area contributed by atoms with Crippen molar-refractivity contribution in [2.45, 2.75) is 19.1 Å². The van der Waals surface area contributed by atoms with Crippen molar-refractivity contribution in [3.05, 3.63) is 10.1 Å². The Bertz CT molecular complexity index is 193. The summed E-state index contributed by atoms with van der Waals surface area (Å²) >= 11 is 3.02. The van der Waals surface area contributed by atoms with E-state index in [1.807, 2.05) is 0 Å². The van der Waals surface area contributed by atoms with Gasteiger partial charge in [0.25, 0.3) is 0 Å². The monoisotopic (exact) mass is 207 g/mol. The minimum Gasteiger partial charge on any atom is -0.301 e. The van der Waals surface area contributed by atoms with Gasteiger partial charge < -0.3 is 5.32 Å². The molecule has 0 aliphatic carbocycles. The molecule has 0 amide bonds. The zero-order valence-corrected chi connectivity index (χ0v) is 6.83. The van der Waals surface area contributed by atoms with Crippen molar-refractivity contribution in [3.63, 3.8) is 0 Å². The molecule has 5 nitrogen and oxygen atoms in total. The molecule has 0 saturated heterocycles. The molecule has 0 bridgehead atoms. The fourth-order valence-corrected chi connectivity index (χ4v) is 1.32. The molecule has 0 aromatic heterocycles. The van der Waals surface area contributed by atoms with Crippen LogP contribution in [0.15, 0.2) is 4.99 Å². The molecule has 0 spiro atoms. The molecule has 0 aromatic carbocycles. The molecular formula is C4H6BrN3O2. The molecule has 56 valence electrons. The van der Waals surface area contributed by atoms with Crippen molar-refractivity contribution in [2.24, 2.45) is 4.99 Å². The standard InChI is InChI=1S/C4H6BrN3O2/c1-2-3(8(9)10)7-4(5)6-2/h2-3H,1H3,(H,6,7). The maximum atomic E-state index is 10.2. The van der Waals surface area contributed by atoms with E-state index in [0.717, 1.165) is 0 Å². The van der Waals surface area contributed by atoms with Gasteiger partial charge in [0.05, 0.1) is 0 Å². The number of halogens is 1. The third-order valence-corrected chi connectivity index (χ3v) is 1.70. The van der Waals surface area contributed by atoms with Crippen molar-refractivity contribution in [1.82, 2.24) is 5.32 Å². The summed E-state index contributed by atoms with van der Waals surface area (Å²) in [7, 11) is 0. The first-order chi connectivity index (χ1) is 4.61. The van der Waals surface area contributed by atoms with Crippen molar-refractivity contribution in [3.8, 4) is 0 Å². The summed E-state index contributed by atoms with van der Waals surface area (Å²) < 4.78 is 0.460. The van der Waals surface area contributed by atoms with Crippen LogP contribution in [0, 0.1) is 10.1 Å². The molecule has 0 saturated carbocycles. The third-order valence-electron chi connectivity index (χ3n) is 1.27. The van der Waals surface area contributed by atoms with E-state index in [-0.39, 0.29) is 11.0 Å². The molecule has 2 atom stereocenters. The lowest BCUT2D eigenvalue weighted by Gasteiger charge is -2.04. The largest absolute Gasteiger partial charge is 0.308 e. The van der Waals surface area contributed by atoms with E-state index in [4.69, 9.17) is 0 Å². The third kappa shape index (κ3) is 1.26. The molecule has 2 unspecified atom stereocenters. The van der Waals surface area contributed by atoms with Crippen LogP contribution in [0.4, 0.5) is 0 Å². The highest BCUT2D eigenvalue weighted by Gasteiger charge is 2.33. The fraction of sp³-hybridized carbons (Fsp3) is 0.750. The number of amidine groups is 1. The number of hydrogen-bond acceptors (Lipinski definition) is 4. The minimum atomic E-state index is -0.769. The molecular weight excluding hydrogens is 202 g/mol. The second-order valence-electron chi connectivity index (χ2n) is 2.04. The number of hydrogen-bond donors (Lipinski definition) is 1. The maximum Gasteiger partial charge on any atom is 0.308 e. The van der Waals surface area contributed by atoms with Crippen LogP contribution in [-0.2, 0) is 0 Å². The first-order valence-electron chi connectivity index (χ1n) is 2.74. The van der Waals surface area contributed by atoms with Gasteiger partial charge in [0.1, 0.15) is 6.04 Å². The van der Waals surface area contributed by atoms with Crippen LogP contribution in [0.1, 0.15) is 6.92 Å². The Morgan fingerprint density at radius 2 is 2.50 bits per heavy atom. The topological polar surface area (TPSA) is 67.5 Å². The summed E-state index contributed by atoms with van der Waals surface area (Å²) in [6, 6.07) is -0.288. The molecule has 1 aliphatic heterocycles. The summed E-state index contributed by atoms with van der Waals surface area (Å²) in [5.41, 5.74) is 0. The van der Waals surface area contributed by atoms with Gasteiger partial charge in [0.15, 0.2) is 4.74 Å². The minimum absolute atomic E-state index is 0.288. The van der Waals surface area contributed by atoms with E-state index in [9.17, 15) is 10.1 Å². The lowest BCUT2D eigenvalue weighted by Crippen LogP contribution is -2.38. The van der Waals surface area contributed by atoms with Crippen LogP contribution in [0.2, 0.25) is 0 Å². The highest BCUT2D eigenvalue weighted by molar-refractivity contribution is 9.18. The Kier molecular flexibility index (Phi) is 1.89. The van der Waals surface area contributed by atoms with E-state index in [1.165, 1.54) is 0 Å². The molecule has 0 aromatic rings. The normalized spacial score (nSPS) is 31.2. The second kappa shape index (κ2) is 2.53. The van der Waals surface area contributed by atoms with E-state index in [1.54, 1.807) is 6.92 Å². The summed E-state index contributed by atoms with van der Waals surface area (Å²) in [5, 5.41) is 12.8. The van der Waals surface area contributed by atoms with Gasteiger partial charge in [-0.25, -0.2) is 4.99 Å². The van der Waals surface area contributed by atoms with Gasteiger partial charge in [-0.2, -0.15) is 0 Å². The van der Waals surface area contributed by atoms with E-state index in [0.29, 0.717) is 4.74 Å². The van der Waals surface area contributed by atoms with Crippen LogP contribution < -0.4 is 5.32 Å². The average Bonchev–Trinajstić information content (AvgIpc) is 2.10. The van der Waals surface area contributed by atoms with Crippen molar-refractivity contribution < 1.29 is 4.92 Å². The molecule has 10 heavy (non-hydrogen) atoms. The van der Waals surface area contributed by atoms with Crippen LogP contribution >= 0.6 is 15.9 Å². The number of nitrogens with one attached hydrogen (secondary N) is 1. The van der Waals surface area contributed by atoms with Crippen LogP contribution in [0.25, 0.3) is 0 Å². The van der Waals surface area contributed by atoms with Crippen LogP contribution in [0.5, 0.6) is 0 Å². The van der Waals surface area contributed by atoms with Crippen molar-refractivity contribution in [1.29, 1.82) is 0 Å². The van der Waals surface area contributed by atoms with Gasteiger partial charge in [-0.05, 0) is 22.9 Å². The number of rotatable bonds is 1. The molecule has 0 fully saturated rings. The zero-order chi connectivity index (χ0) is 7.72. The summed E-state index contributed by atoms with van der Waals surface area (Å²) in [6.07, 6.45) is -0.769. The number of nitrogens with zero attached hydrogens (tertiary/aromatic N) is 2. The molecule has 0 radical (unpaired) electrons. The predicted octanol–water partition coefficient (Wildman–Crippen LogP) is 0.332. The fourth-order valence-electron chi connectivity index (χ4n) is 0.758. The predicted molar refractivity (Wildman–Crippen MR) is 39.7 cm³/mol. The maximum absolute atomic E-state index is 10.2. The van der Waals surface area contributed by atoms with Gasteiger partial charge >= 0.3 is 6.17 Å². The molecule has 1 heterocycles. The van der Waals surface area contributed by atoms with E-state index < -0.39 is 6.17 Å². The Morgan fingerprint density at radius 1 is 1.90 bits per heavy atom. The van der Waals surface area contributed by atoms with Crippen LogP contribution in [0.3, 0.4) is 0 Å². The lowest BCUT2D eigenvalue weighted by molar-refractivity contribution is -0.527. The Balaban J connectivity index is 2.63. The molecule has 1 aliphatic rings. The smallest absolute Gasteiger partial charge is 0.301 e. The average molecular weight is 208 g/mol. The number of aliphatic imine (C=N–C) groups is 1. The Hall–Kier alpha value is -0.650. The van der Waals surface area contributed by atoms with Crippen molar-refractivity contribution >= 4 is 20.7 Å². The summed E-state index contributed by atoms with van der Waals surface area (Å²) in [6.45, 7) is 1.69. The molecule has 1 N–H and O–H groups in total. The first kappa shape index (κ1) is 7.46. The van der Waals surface area contributed by atoms with E-state index >= 15 is 0 Å². The van der Waals surface area contributed by atoms with Gasteiger partial charge in [-0.1, -0.05) is 0 Å². The summed E-state index contributed by atoms with van der Waals surface area (Å²) in [4.78, 5) is 13.7. The van der Waals surface area contributed by atoms with Gasteiger partial charge in [-0.3, -0.25) is 10.1 Å². The van der Waals surface area contributed by atoms with Gasteiger partial charge in [0, 0.05) is 4.92 Å². The molecule has 6 heteroatoms. The number of nitro groups is 1. The quantitative estimate of drug-likeness (QED) is 0.383. The SMILES string of the molecule is CC1N=C(Br)NC1[N+](=O)[O-]. The first-order valence-corrected chi connectivity index (χ1v) is 3.54. The highest BCUT2D eigenvalue weighted by Crippen LogP contribution is 2.09. The van der Waals surface area contributed by atoms with Gasteiger partial charge in [-0.15, -0.1) is 0 Å². The Labute approximate surface area is 65.8 Å². The zero-order valence-electron chi connectivity index (χ0n) is 5.24. The van der Waals surface area contributed by atoms with Crippen LogP contribution in [-0.4, -0.2) is 21.9 Å².